The van der Waals surface area contributed by atoms with Crippen LogP contribution in [-0.2, 0) is 12.7 Å². The van der Waals surface area contributed by atoms with Crippen LogP contribution in [0.25, 0.3) is 0 Å². The number of hydrogen-bond acceptors (Lipinski definition) is 3. The molecular formula is C15H13F3N4O. The molecule has 1 N–H and O–H groups in total. The first-order valence-electron chi connectivity index (χ1n) is 6.73. The Balaban J connectivity index is 2.33. The fourth-order valence-electron chi connectivity index (χ4n) is 2.12. The predicted octanol–water partition coefficient (Wildman–Crippen LogP) is 3.35. The first-order valence-corrected chi connectivity index (χ1v) is 6.73. The predicted molar refractivity (Wildman–Crippen MR) is 76.8 cm³/mol. The Bertz CT molecular complexity index is 787. The van der Waals surface area contributed by atoms with Gasteiger partial charge in [0.1, 0.15) is 5.69 Å². The zero-order valence-electron chi connectivity index (χ0n) is 12.4. The van der Waals surface area contributed by atoms with E-state index >= 15 is 0 Å². The summed E-state index contributed by atoms with van der Waals surface area (Å²) >= 11 is 0. The van der Waals surface area contributed by atoms with E-state index in [9.17, 15) is 18.0 Å². The minimum Gasteiger partial charge on any atom is -0.321 e. The van der Waals surface area contributed by atoms with Gasteiger partial charge in [-0.25, -0.2) is 0 Å². The van der Waals surface area contributed by atoms with Crippen molar-refractivity contribution in [2.45, 2.75) is 26.6 Å². The molecule has 0 aliphatic heterocycles. The lowest BCUT2D eigenvalue weighted by Crippen LogP contribution is -2.18. The molecule has 0 atom stereocenters. The first-order chi connectivity index (χ1) is 10.8. The van der Waals surface area contributed by atoms with E-state index in [0.29, 0.717) is 12.2 Å². The van der Waals surface area contributed by atoms with Crippen molar-refractivity contribution in [3.05, 3.63) is 46.8 Å². The zero-order valence-corrected chi connectivity index (χ0v) is 12.4. The van der Waals surface area contributed by atoms with E-state index in [2.05, 4.69) is 10.4 Å². The molecule has 0 aliphatic carbocycles. The summed E-state index contributed by atoms with van der Waals surface area (Å²) in [7, 11) is 0. The van der Waals surface area contributed by atoms with Crippen LogP contribution in [0.1, 0.15) is 34.2 Å². The van der Waals surface area contributed by atoms with E-state index in [1.54, 1.807) is 19.9 Å². The molecule has 2 aromatic rings. The highest BCUT2D eigenvalue weighted by Gasteiger charge is 2.34. The van der Waals surface area contributed by atoms with Gasteiger partial charge in [-0.2, -0.15) is 23.5 Å². The molecular weight excluding hydrogens is 309 g/mol. The molecule has 0 bridgehead atoms. The monoisotopic (exact) mass is 322 g/mol. The van der Waals surface area contributed by atoms with Crippen LogP contribution in [-0.4, -0.2) is 15.7 Å². The number of nitriles is 1. The van der Waals surface area contributed by atoms with Crippen LogP contribution in [0.5, 0.6) is 0 Å². The van der Waals surface area contributed by atoms with Crippen molar-refractivity contribution in [2.75, 3.05) is 5.32 Å². The first kappa shape index (κ1) is 16.5. The van der Waals surface area contributed by atoms with Crippen molar-refractivity contribution in [2.24, 2.45) is 0 Å². The van der Waals surface area contributed by atoms with Gasteiger partial charge in [0.2, 0.25) is 0 Å². The number of aryl methyl sites for hydroxylation is 2. The van der Waals surface area contributed by atoms with Gasteiger partial charge in [-0.1, -0.05) is 0 Å². The molecule has 0 aliphatic rings. The van der Waals surface area contributed by atoms with Gasteiger partial charge in [0.25, 0.3) is 5.91 Å². The van der Waals surface area contributed by atoms with Crippen LogP contribution < -0.4 is 5.32 Å². The van der Waals surface area contributed by atoms with Crippen LogP contribution in [0.3, 0.4) is 0 Å². The summed E-state index contributed by atoms with van der Waals surface area (Å²) in [4.78, 5) is 12.2. The van der Waals surface area contributed by atoms with E-state index in [4.69, 9.17) is 5.26 Å². The Hall–Kier alpha value is -2.82. The highest BCUT2D eigenvalue weighted by atomic mass is 19.4. The van der Waals surface area contributed by atoms with Crippen LogP contribution in [0.2, 0.25) is 0 Å². The second-order valence-corrected chi connectivity index (χ2v) is 4.81. The normalized spacial score (nSPS) is 11.1. The highest BCUT2D eigenvalue weighted by molar-refractivity contribution is 6.03. The van der Waals surface area contributed by atoms with Crippen molar-refractivity contribution < 1.29 is 18.0 Å². The maximum Gasteiger partial charge on any atom is 0.417 e. The minimum absolute atomic E-state index is 0.0390. The Kier molecular flexibility index (Phi) is 4.40. The molecule has 0 fully saturated rings. The second-order valence-electron chi connectivity index (χ2n) is 4.81. The lowest BCUT2D eigenvalue weighted by Gasteiger charge is -2.12. The minimum atomic E-state index is -4.67. The fourth-order valence-corrected chi connectivity index (χ4v) is 2.12. The topological polar surface area (TPSA) is 70.7 Å². The summed E-state index contributed by atoms with van der Waals surface area (Å²) in [6.45, 7) is 3.97. The molecule has 0 saturated heterocycles. The van der Waals surface area contributed by atoms with E-state index < -0.39 is 23.2 Å². The molecule has 2 rings (SSSR count). The summed E-state index contributed by atoms with van der Waals surface area (Å²) in [5, 5.41) is 15.3. The summed E-state index contributed by atoms with van der Waals surface area (Å²) in [5.74, 6) is -0.565. The third-order valence-electron chi connectivity index (χ3n) is 3.14. The molecule has 1 aromatic heterocycles. The number of nitrogens with zero attached hydrogens (tertiary/aromatic N) is 3. The molecule has 8 heteroatoms. The van der Waals surface area contributed by atoms with Gasteiger partial charge in [0.05, 0.1) is 22.9 Å². The summed E-state index contributed by atoms with van der Waals surface area (Å²) in [5.41, 5.74) is -0.735. The molecule has 23 heavy (non-hydrogen) atoms. The SMILES string of the molecule is CCn1nc(C)cc1C(=O)Nc1ccc(C#N)c(C(F)(F)F)c1. The number of carbonyl (C=O) groups excluding carboxylic acids is 1. The number of nitrogens with one attached hydrogen (secondary N) is 1. The largest absolute Gasteiger partial charge is 0.417 e. The Morgan fingerprint density at radius 3 is 2.65 bits per heavy atom. The lowest BCUT2D eigenvalue weighted by atomic mass is 10.1. The molecule has 0 radical (unpaired) electrons. The van der Waals surface area contributed by atoms with Gasteiger partial charge in [-0.3, -0.25) is 9.48 Å². The van der Waals surface area contributed by atoms with Crippen LogP contribution >= 0.6 is 0 Å². The number of anilines is 1. The van der Waals surface area contributed by atoms with Crippen LogP contribution in [0, 0.1) is 18.3 Å². The Morgan fingerprint density at radius 2 is 2.09 bits per heavy atom. The molecule has 1 aromatic carbocycles. The second kappa shape index (κ2) is 6.12. The highest BCUT2D eigenvalue weighted by Crippen LogP contribution is 2.33. The molecule has 0 spiro atoms. The number of carbonyl (C=O) groups is 1. The maximum absolute atomic E-state index is 12.9. The molecule has 1 heterocycles. The number of amides is 1. The average molecular weight is 322 g/mol. The number of halogens is 3. The van der Waals surface area contributed by atoms with Crippen LogP contribution in [0.4, 0.5) is 18.9 Å². The van der Waals surface area contributed by atoms with Gasteiger partial charge in [0.15, 0.2) is 0 Å². The van der Waals surface area contributed by atoms with Gasteiger partial charge >= 0.3 is 6.18 Å². The number of aromatic nitrogens is 2. The van der Waals surface area contributed by atoms with Crippen molar-refractivity contribution in [1.29, 1.82) is 5.26 Å². The van der Waals surface area contributed by atoms with Crippen molar-refractivity contribution in [3.63, 3.8) is 0 Å². The van der Waals surface area contributed by atoms with E-state index in [-0.39, 0.29) is 11.4 Å². The lowest BCUT2D eigenvalue weighted by molar-refractivity contribution is -0.137. The maximum atomic E-state index is 12.9. The van der Waals surface area contributed by atoms with Gasteiger partial charge < -0.3 is 5.32 Å². The third kappa shape index (κ3) is 3.51. The molecule has 5 nitrogen and oxygen atoms in total. The van der Waals surface area contributed by atoms with Crippen LogP contribution in [0.15, 0.2) is 24.3 Å². The van der Waals surface area contributed by atoms with E-state index in [0.717, 1.165) is 12.1 Å². The standard InChI is InChI=1S/C15H13F3N4O/c1-3-22-13(6-9(2)21-22)14(23)20-11-5-4-10(8-19)12(7-11)15(16,17)18/h4-7H,3H2,1-2H3,(H,20,23). The number of hydrogen-bond donors (Lipinski definition) is 1. The molecule has 0 unspecified atom stereocenters. The van der Waals surface area contributed by atoms with Crippen molar-refractivity contribution in [3.8, 4) is 6.07 Å². The quantitative estimate of drug-likeness (QED) is 0.942. The van der Waals surface area contributed by atoms with E-state index in [1.165, 1.54) is 16.8 Å². The van der Waals surface area contributed by atoms with Gasteiger partial charge in [-0.05, 0) is 38.1 Å². The number of benzene rings is 1. The number of rotatable bonds is 3. The molecule has 1 amide bonds. The Labute approximate surface area is 130 Å². The Morgan fingerprint density at radius 1 is 1.39 bits per heavy atom. The average Bonchev–Trinajstić information content (AvgIpc) is 2.87. The van der Waals surface area contributed by atoms with Gasteiger partial charge in [-0.15, -0.1) is 0 Å². The fraction of sp³-hybridized carbons (Fsp3) is 0.267. The smallest absolute Gasteiger partial charge is 0.321 e. The zero-order chi connectivity index (χ0) is 17.2. The summed E-state index contributed by atoms with van der Waals surface area (Å²) in [6.07, 6.45) is -4.67. The van der Waals surface area contributed by atoms with E-state index in [1.807, 2.05) is 0 Å². The number of alkyl halides is 3. The van der Waals surface area contributed by atoms with Crippen molar-refractivity contribution >= 4 is 11.6 Å². The van der Waals surface area contributed by atoms with Gasteiger partial charge in [0, 0.05) is 12.2 Å². The summed E-state index contributed by atoms with van der Waals surface area (Å²) < 4.78 is 40.2. The van der Waals surface area contributed by atoms with Crippen molar-refractivity contribution in [1.82, 2.24) is 9.78 Å². The third-order valence-corrected chi connectivity index (χ3v) is 3.14. The molecule has 0 saturated carbocycles. The summed E-state index contributed by atoms with van der Waals surface area (Å²) in [6, 6.07) is 6.07. The molecule has 120 valence electrons.